The number of aromatic nitrogens is 2. The normalized spacial score (nSPS) is 13.5. The summed E-state index contributed by atoms with van der Waals surface area (Å²) < 4.78 is 27.3. The molecule has 0 radical (unpaired) electrons. The summed E-state index contributed by atoms with van der Waals surface area (Å²) in [4.78, 5) is 2.28. The quantitative estimate of drug-likeness (QED) is 0.767. The zero-order valence-electron chi connectivity index (χ0n) is 14.3. The predicted octanol–water partition coefficient (Wildman–Crippen LogP) is 3.28. The van der Waals surface area contributed by atoms with Crippen molar-refractivity contribution in [1.29, 1.82) is 0 Å². The van der Waals surface area contributed by atoms with E-state index in [1.54, 1.807) is 36.4 Å². The van der Waals surface area contributed by atoms with E-state index < -0.39 is 10.0 Å². The van der Waals surface area contributed by atoms with Gasteiger partial charge >= 0.3 is 0 Å². The van der Waals surface area contributed by atoms with E-state index in [4.69, 9.17) is 0 Å². The Labute approximate surface area is 152 Å². The van der Waals surface area contributed by atoms with E-state index in [1.807, 2.05) is 19.1 Å². The molecular weight excluding hydrogens is 348 g/mol. The number of para-hydroxylation sites is 1. The Morgan fingerprint density at radius 2 is 1.73 bits per heavy atom. The number of nitrogens with one attached hydrogen (secondary N) is 1. The monoisotopic (exact) mass is 366 g/mol. The van der Waals surface area contributed by atoms with Crippen LogP contribution >= 0.6 is 0 Å². The van der Waals surface area contributed by atoms with Gasteiger partial charge in [-0.2, -0.15) is 0 Å². The van der Waals surface area contributed by atoms with Gasteiger partial charge in [0.1, 0.15) is 0 Å². The lowest BCUT2D eigenvalue weighted by Gasteiger charge is -2.17. The summed E-state index contributed by atoms with van der Waals surface area (Å²) >= 11 is 0. The third kappa shape index (κ3) is 3.13. The van der Waals surface area contributed by atoms with Gasteiger partial charge in [-0.15, -0.1) is 10.2 Å². The molecule has 132 valence electrons. The van der Waals surface area contributed by atoms with Crippen molar-refractivity contribution in [3.63, 3.8) is 0 Å². The summed E-state index contributed by atoms with van der Waals surface area (Å²) in [6.07, 6.45) is 0.958. The van der Waals surface area contributed by atoms with Crippen LogP contribution in [0.15, 0.2) is 65.6 Å². The Kier molecular flexibility index (Phi) is 4.08. The van der Waals surface area contributed by atoms with Gasteiger partial charge in [0.2, 0.25) is 0 Å². The molecule has 0 bridgehead atoms. The minimum Gasteiger partial charge on any atom is -0.324 e. The van der Waals surface area contributed by atoms with Crippen molar-refractivity contribution in [2.45, 2.75) is 18.2 Å². The zero-order valence-corrected chi connectivity index (χ0v) is 15.1. The van der Waals surface area contributed by atoms with Gasteiger partial charge in [0.05, 0.1) is 4.90 Å². The van der Waals surface area contributed by atoms with Crippen LogP contribution in [0.2, 0.25) is 0 Å². The second-order valence-corrected chi connectivity index (χ2v) is 7.91. The SMILES string of the molecule is Cc1ccc(S(=O)(=O)Nc2ccc(N3CCc4ccccc43)nn2)cc1. The maximum atomic E-state index is 12.4. The van der Waals surface area contributed by atoms with Crippen molar-refractivity contribution in [2.24, 2.45) is 0 Å². The van der Waals surface area contributed by atoms with Crippen LogP contribution in [-0.4, -0.2) is 25.2 Å². The number of rotatable bonds is 4. The highest BCUT2D eigenvalue weighted by Gasteiger charge is 2.21. The molecule has 0 saturated carbocycles. The van der Waals surface area contributed by atoms with Crippen LogP contribution in [0.25, 0.3) is 0 Å². The average molecular weight is 366 g/mol. The van der Waals surface area contributed by atoms with Crippen LogP contribution in [0.4, 0.5) is 17.3 Å². The molecule has 4 rings (SSSR count). The molecule has 0 fully saturated rings. The predicted molar refractivity (Wildman–Crippen MR) is 101 cm³/mol. The van der Waals surface area contributed by atoms with Crippen molar-refractivity contribution in [3.05, 3.63) is 71.8 Å². The molecule has 1 aliphatic rings. The van der Waals surface area contributed by atoms with Gasteiger partial charge in [-0.1, -0.05) is 35.9 Å². The third-order valence-electron chi connectivity index (χ3n) is 4.38. The fourth-order valence-corrected chi connectivity index (χ4v) is 4.01. The van der Waals surface area contributed by atoms with Gasteiger partial charge < -0.3 is 4.90 Å². The number of nitrogens with zero attached hydrogens (tertiary/aromatic N) is 3. The number of fused-ring (bicyclic) bond motifs is 1. The standard InChI is InChI=1S/C19H18N4O2S/c1-14-6-8-16(9-7-14)26(24,25)22-18-10-11-19(21-20-18)23-13-12-15-4-2-3-5-17(15)23/h2-11H,12-13H2,1H3,(H,20,22). The van der Waals surface area contributed by atoms with Gasteiger partial charge in [-0.3, -0.25) is 4.72 Å². The second kappa shape index (κ2) is 6.42. The largest absolute Gasteiger partial charge is 0.324 e. The number of hydrogen-bond donors (Lipinski definition) is 1. The van der Waals surface area contributed by atoms with E-state index in [0.29, 0.717) is 5.82 Å². The Morgan fingerprint density at radius 1 is 0.962 bits per heavy atom. The zero-order chi connectivity index (χ0) is 18.1. The van der Waals surface area contributed by atoms with Gasteiger partial charge in [-0.25, -0.2) is 8.42 Å². The number of hydrogen-bond acceptors (Lipinski definition) is 5. The van der Waals surface area contributed by atoms with Crippen molar-refractivity contribution < 1.29 is 8.42 Å². The molecule has 6 nitrogen and oxygen atoms in total. The third-order valence-corrected chi connectivity index (χ3v) is 5.76. The van der Waals surface area contributed by atoms with Crippen LogP contribution < -0.4 is 9.62 Å². The molecule has 1 aliphatic heterocycles. The Morgan fingerprint density at radius 3 is 2.46 bits per heavy atom. The summed E-state index contributed by atoms with van der Waals surface area (Å²) in [5.41, 5.74) is 3.40. The van der Waals surface area contributed by atoms with E-state index in [1.165, 1.54) is 5.56 Å². The fourth-order valence-electron chi connectivity index (χ4n) is 3.01. The van der Waals surface area contributed by atoms with Crippen LogP contribution in [-0.2, 0) is 16.4 Å². The van der Waals surface area contributed by atoms with Crippen LogP contribution in [0.1, 0.15) is 11.1 Å². The number of sulfonamides is 1. The van der Waals surface area contributed by atoms with Gasteiger partial charge in [0.25, 0.3) is 10.0 Å². The molecule has 1 aromatic heterocycles. The first-order valence-electron chi connectivity index (χ1n) is 8.32. The highest BCUT2D eigenvalue weighted by Crippen LogP contribution is 2.33. The minimum absolute atomic E-state index is 0.196. The Hall–Kier alpha value is -2.93. The molecule has 3 aromatic rings. The maximum Gasteiger partial charge on any atom is 0.263 e. The van der Waals surface area contributed by atoms with Gasteiger partial charge in [-0.05, 0) is 49.2 Å². The van der Waals surface area contributed by atoms with Crippen LogP contribution in [0, 0.1) is 6.92 Å². The van der Waals surface area contributed by atoms with Crippen molar-refractivity contribution in [3.8, 4) is 0 Å². The topological polar surface area (TPSA) is 75.2 Å². The Balaban J connectivity index is 1.54. The molecule has 0 aliphatic carbocycles. The Bertz CT molecular complexity index is 1030. The van der Waals surface area contributed by atoms with Crippen LogP contribution in [0.3, 0.4) is 0 Å². The summed E-state index contributed by atoms with van der Waals surface area (Å²) in [6.45, 7) is 2.74. The van der Waals surface area contributed by atoms with E-state index in [9.17, 15) is 8.42 Å². The average Bonchev–Trinajstić information content (AvgIpc) is 3.07. The highest BCUT2D eigenvalue weighted by molar-refractivity contribution is 7.92. The smallest absolute Gasteiger partial charge is 0.263 e. The first-order valence-corrected chi connectivity index (χ1v) is 9.80. The fraction of sp³-hybridized carbons (Fsp3) is 0.158. The lowest BCUT2D eigenvalue weighted by Crippen LogP contribution is -2.17. The maximum absolute atomic E-state index is 12.4. The molecule has 0 unspecified atom stereocenters. The number of aryl methyl sites for hydroxylation is 1. The van der Waals surface area contributed by atoms with Crippen molar-refractivity contribution in [2.75, 3.05) is 16.2 Å². The molecule has 26 heavy (non-hydrogen) atoms. The molecule has 0 saturated heterocycles. The molecule has 2 heterocycles. The number of anilines is 3. The lowest BCUT2D eigenvalue weighted by molar-refractivity contribution is 0.601. The van der Waals surface area contributed by atoms with Crippen molar-refractivity contribution >= 4 is 27.3 Å². The van der Waals surface area contributed by atoms with E-state index >= 15 is 0 Å². The summed E-state index contributed by atoms with van der Waals surface area (Å²) in [6, 6.07) is 18.2. The molecular formula is C19H18N4O2S. The van der Waals surface area contributed by atoms with E-state index in [-0.39, 0.29) is 10.7 Å². The lowest BCUT2D eigenvalue weighted by atomic mass is 10.2. The van der Waals surface area contributed by atoms with E-state index in [0.717, 1.165) is 24.2 Å². The molecule has 0 spiro atoms. The number of benzene rings is 2. The van der Waals surface area contributed by atoms with Gasteiger partial charge in [0, 0.05) is 12.2 Å². The summed E-state index contributed by atoms with van der Waals surface area (Å²) in [7, 11) is -3.68. The first kappa shape index (κ1) is 16.5. The molecule has 0 amide bonds. The molecule has 7 heteroatoms. The first-order chi connectivity index (χ1) is 12.5. The summed E-state index contributed by atoms with van der Waals surface area (Å²) in [5.74, 6) is 0.898. The van der Waals surface area contributed by atoms with Gasteiger partial charge in [0.15, 0.2) is 11.6 Å². The van der Waals surface area contributed by atoms with E-state index in [2.05, 4.69) is 32.0 Å². The molecule has 1 N–H and O–H groups in total. The minimum atomic E-state index is -3.68. The van der Waals surface area contributed by atoms with Crippen molar-refractivity contribution in [1.82, 2.24) is 10.2 Å². The summed E-state index contributed by atoms with van der Waals surface area (Å²) in [5, 5.41) is 8.24. The molecule has 0 atom stereocenters. The second-order valence-electron chi connectivity index (χ2n) is 6.23. The highest BCUT2D eigenvalue weighted by atomic mass is 32.2. The molecule has 2 aromatic carbocycles. The van der Waals surface area contributed by atoms with Crippen LogP contribution in [0.5, 0.6) is 0 Å².